The van der Waals surface area contributed by atoms with E-state index < -0.39 is 0 Å². The fraction of sp³-hybridized carbons (Fsp3) is 0.524. The molecule has 0 aromatic heterocycles. The van der Waals surface area contributed by atoms with Crippen molar-refractivity contribution in [3.05, 3.63) is 120 Å². The first-order valence-electron chi connectivity index (χ1n) is 14.1. The van der Waals surface area contributed by atoms with E-state index in [9.17, 15) is 0 Å². The summed E-state index contributed by atoms with van der Waals surface area (Å²) in [5.74, 6) is 2.13. The van der Waals surface area contributed by atoms with Crippen LogP contribution in [0.25, 0.3) is 0 Å². The third kappa shape index (κ3) is 31.9. The van der Waals surface area contributed by atoms with E-state index in [4.69, 9.17) is 0 Å². The van der Waals surface area contributed by atoms with Crippen molar-refractivity contribution in [3.63, 3.8) is 0 Å². The monoisotopic (exact) mass is 585 g/mol. The molecule has 0 aliphatic heterocycles. The number of hydrogen-bond donors (Lipinski definition) is 0. The van der Waals surface area contributed by atoms with Gasteiger partial charge in [-0.15, -0.1) is 6.58 Å². The Bertz CT molecular complexity index is 696. The fourth-order valence-electron chi connectivity index (χ4n) is 3.05. The minimum Gasteiger partial charge on any atom is -0.103 e. The summed E-state index contributed by atoms with van der Waals surface area (Å²) in [6, 6.07) is 31.9. The molecule has 0 heterocycles. The molecule has 0 radical (unpaired) electrons. The van der Waals surface area contributed by atoms with E-state index in [0.29, 0.717) is 17.8 Å². The molecule has 248 valence electrons. The van der Waals surface area contributed by atoms with Gasteiger partial charge in [-0.1, -0.05) is 203 Å². The largest absolute Gasteiger partial charge is 0.103 e. The molecule has 0 N–H and O–H groups in total. The predicted molar refractivity (Wildman–Crippen MR) is 208 cm³/mol. The van der Waals surface area contributed by atoms with Crippen LogP contribution in [0.3, 0.4) is 0 Å². The summed E-state index contributed by atoms with van der Waals surface area (Å²) in [4.78, 5) is 0. The Morgan fingerprint density at radius 2 is 0.595 bits per heavy atom. The molecule has 3 aromatic rings. The zero-order valence-electron chi connectivity index (χ0n) is 25.0. The fourth-order valence-corrected chi connectivity index (χ4v) is 3.05. The highest BCUT2D eigenvalue weighted by Gasteiger charge is 2.00. The number of allylic oxidation sites excluding steroid dienone is 1. The van der Waals surface area contributed by atoms with Crippen LogP contribution in [-0.2, 0) is 0 Å². The zero-order valence-corrected chi connectivity index (χ0v) is 25.0. The molecule has 3 unspecified atom stereocenters. The summed E-state index contributed by atoms with van der Waals surface area (Å²) < 4.78 is 0. The summed E-state index contributed by atoms with van der Waals surface area (Å²) in [7, 11) is 0. The minimum atomic E-state index is 0. The van der Waals surface area contributed by atoms with Crippen molar-refractivity contribution in [2.24, 2.45) is 0 Å². The minimum absolute atomic E-state index is 0. The lowest BCUT2D eigenvalue weighted by molar-refractivity contribution is 0.733. The topological polar surface area (TPSA) is 0 Å². The summed E-state index contributed by atoms with van der Waals surface area (Å²) in [6.07, 6.45) is 6.68. The quantitative estimate of drug-likeness (QED) is 0.253. The highest BCUT2D eigenvalue weighted by atomic mass is 14.1. The Labute approximate surface area is 270 Å². The van der Waals surface area contributed by atoms with Crippen LogP contribution in [0, 0.1) is 0 Å². The van der Waals surface area contributed by atoms with Gasteiger partial charge in [0.25, 0.3) is 0 Å². The molecule has 0 aliphatic rings. The molecule has 0 amide bonds. The molecule has 0 aliphatic carbocycles. The van der Waals surface area contributed by atoms with Crippen LogP contribution in [0.2, 0.25) is 0 Å². The van der Waals surface area contributed by atoms with Gasteiger partial charge in [-0.3, -0.25) is 0 Å². The third-order valence-electron chi connectivity index (χ3n) is 5.94. The van der Waals surface area contributed by atoms with E-state index in [1.54, 1.807) is 6.08 Å². The smallest absolute Gasteiger partial charge is 0.0193 e. The van der Waals surface area contributed by atoms with Gasteiger partial charge in [-0.25, -0.2) is 0 Å². The maximum absolute atomic E-state index is 3.36. The first-order chi connectivity index (χ1) is 17.4. The van der Waals surface area contributed by atoms with Gasteiger partial charge in [0.2, 0.25) is 0 Å². The van der Waals surface area contributed by atoms with Crippen molar-refractivity contribution < 1.29 is 0 Å². The van der Waals surface area contributed by atoms with E-state index >= 15 is 0 Å². The van der Waals surface area contributed by atoms with E-state index in [1.807, 2.05) is 6.92 Å². The molecule has 0 spiro atoms. The molecule has 0 heteroatoms. The summed E-state index contributed by atoms with van der Waals surface area (Å²) >= 11 is 0. The van der Waals surface area contributed by atoms with Gasteiger partial charge >= 0.3 is 0 Å². The molecule has 0 nitrogen and oxygen atoms in total. The summed E-state index contributed by atoms with van der Waals surface area (Å²) in [6.45, 7) is 22.9. The van der Waals surface area contributed by atoms with Crippen molar-refractivity contribution in [1.82, 2.24) is 0 Å². The first-order valence-corrected chi connectivity index (χ1v) is 14.1. The lowest BCUT2D eigenvalue weighted by atomic mass is 9.99. The lowest BCUT2D eigenvalue weighted by Gasteiger charge is -2.06. The first kappa shape index (κ1) is 58.9. The summed E-state index contributed by atoms with van der Waals surface area (Å²) in [5.41, 5.74) is 4.35. The van der Waals surface area contributed by atoms with Crippen molar-refractivity contribution in [2.45, 2.75) is 150 Å². The number of hydrogen-bond acceptors (Lipinski definition) is 0. The second-order valence-corrected chi connectivity index (χ2v) is 9.28. The molecule has 3 atom stereocenters. The highest BCUT2D eigenvalue weighted by molar-refractivity contribution is 5.19. The standard InChI is InChI=1S/3C10H14.C3H8.C3H6.6CH4/c3*1-3-9(2)10-7-5-4-6-8-10;2*1-3-2;;;;;;/h3*4-9H,3H2,1-2H3;3H2,1-2H3;3H,1H2,2H3;6*1H4. The van der Waals surface area contributed by atoms with Crippen LogP contribution in [0.4, 0.5) is 0 Å². The third-order valence-corrected chi connectivity index (χ3v) is 5.94. The van der Waals surface area contributed by atoms with Gasteiger partial charge in [0, 0.05) is 0 Å². The van der Waals surface area contributed by atoms with Crippen molar-refractivity contribution in [2.75, 3.05) is 0 Å². The Kier molecular flexibility index (Phi) is 60.1. The number of rotatable bonds is 6. The Hall–Kier alpha value is -2.60. The molecule has 0 saturated heterocycles. The molecule has 0 saturated carbocycles. The zero-order chi connectivity index (χ0) is 27.6. The summed E-state index contributed by atoms with van der Waals surface area (Å²) in [5, 5.41) is 0. The number of benzene rings is 3. The highest BCUT2D eigenvalue weighted by Crippen LogP contribution is 2.18. The average molecular weight is 585 g/mol. The normalized spacial score (nSPS) is 10.0. The molecule has 0 bridgehead atoms. The van der Waals surface area contributed by atoms with E-state index in [2.05, 4.69) is 153 Å². The molecule has 42 heavy (non-hydrogen) atoms. The van der Waals surface area contributed by atoms with E-state index in [1.165, 1.54) is 42.4 Å². The van der Waals surface area contributed by atoms with Gasteiger partial charge in [-0.05, 0) is 60.6 Å². The Morgan fingerprint density at radius 3 is 0.714 bits per heavy atom. The van der Waals surface area contributed by atoms with Gasteiger partial charge < -0.3 is 0 Å². The van der Waals surface area contributed by atoms with E-state index in [0.717, 1.165) is 0 Å². The van der Waals surface area contributed by atoms with E-state index in [-0.39, 0.29) is 44.6 Å². The van der Waals surface area contributed by atoms with Gasteiger partial charge in [0.1, 0.15) is 0 Å². The molecular weight excluding hydrogens is 504 g/mol. The van der Waals surface area contributed by atoms with Gasteiger partial charge in [0.15, 0.2) is 0 Å². The van der Waals surface area contributed by atoms with Crippen molar-refractivity contribution >= 4 is 0 Å². The van der Waals surface area contributed by atoms with Crippen molar-refractivity contribution in [3.8, 4) is 0 Å². The van der Waals surface area contributed by atoms with Gasteiger partial charge in [0.05, 0.1) is 0 Å². The maximum Gasteiger partial charge on any atom is -0.0193 e. The van der Waals surface area contributed by atoms with Crippen LogP contribution in [0.5, 0.6) is 0 Å². The Balaban J connectivity index is -0.0000000589. The second kappa shape index (κ2) is 42.9. The van der Waals surface area contributed by atoms with Crippen LogP contribution in [0.15, 0.2) is 104 Å². The molecular formula is C42H80. The molecule has 0 fully saturated rings. The van der Waals surface area contributed by atoms with Crippen LogP contribution >= 0.6 is 0 Å². The van der Waals surface area contributed by atoms with Crippen molar-refractivity contribution in [1.29, 1.82) is 0 Å². The van der Waals surface area contributed by atoms with Crippen LogP contribution in [-0.4, -0.2) is 0 Å². The molecule has 3 rings (SSSR count). The van der Waals surface area contributed by atoms with Gasteiger partial charge in [-0.2, -0.15) is 0 Å². The maximum atomic E-state index is 3.36. The Morgan fingerprint density at radius 1 is 0.452 bits per heavy atom. The lowest BCUT2D eigenvalue weighted by Crippen LogP contribution is -1.88. The van der Waals surface area contributed by atoms with Crippen LogP contribution in [0.1, 0.15) is 167 Å². The average Bonchev–Trinajstić information content (AvgIpc) is 2.94. The molecule has 3 aromatic carbocycles. The SMILES string of the molecule is C.C.C.C.C.C.C=CC.CCC.CCC(C)c1ccccc1.CCC(C)c1ccccc1.CCC(C)c1ccccc1. The second-order valence-electron chi connectivity index (χ2n) is 9.28. The predicted octanol–water partition coefficient (Wildman–Crippen LogP) is 16.0. The van der Waals surface area contributed by atoms with Crippen LogP contribution < -0.4 is 0 Å².